The lowest BCUT2D eigenvalue weighted by Gasteiger charge is -2.26. The van der Waals surface area contributed by atoms with Gasteiger partial charge in [0.2, 0.25) is 5.91 Å². The molecule has 0 aromatic heterocycles. The summed E-state index contributed by atoms with van der Waals surface area (Å²) in [6, 6.07) is 5.90. The highest BCUT2D eigenvalue weighted by Crippen LogP contribution is 2.29. The number of amidine groups is 1. The van der Waals surface area contributed by atoms with Crippen LogP contribution in [0.2, 0.25) is 0 Å². The first-order valence-corrected chi connectivity index (χ1v) is 8.34. The molecule has 124 valence electrons. The molecular formula is C18H20N4OS. The van der Waals surface area contributed by atoms with Crippen LogP contribution in [0, 0.1) is 0 Å². The number of allylic oxidation sites excluding steroid dienone is 3. The number of primary amides is 1. The van der Waals surface area contributed by atoms with Crippen molar-refractivity contribution in [1.82, 2.24) is 5.32 Å². The number of fused-ring (bicyclic) bond motifs is 1. The van der Waals surface area contributed by atoms with Crippen LogP contribution >= 0.6 is 12.2 Å². The molecule has 1 heterocycles. The van der Waals surface area contributed by atoms with Crippen LogP contribution < -0.4 is 16.8 Å². The molecule has 0 fully saturated rings. The fourth-order valence-electron chi connectivity index (χ4n) is 3.05. The zero-order valence-electron chi connectivity index (χ0n) is 13.3. The molecule has 5 N–H and O–H groups in total. The molecule has 0 saturated heterocycles. The van der Waals surface area contributed by atoms with Crippen LogP contribution in [0.4, 0.5) is 5.69 Å². The largest absolute Gasteiger partial charge is 0.383 e. The van der Waals surface area contributed by atoms with E-state index in [4.69, 9.17) is 23.7 Å². The molecule has 1 unspecified atom stereocenters. The summed E-state index contributed by atoms with van der Waals surface area (Å²) < 4.78 is 0. The van der Waals surface area contributed by atoms with Crippen LogP contribution in [0.15, 0.2) is 47.0 Å². The van der Waals surface area contributed by atoms with Gasteiger partial charge in [-0.05, 0) is 36.2 Å². The van der Waals surface area contributed by atoms with Gasteiger partial charge in [-0.25, -0.2) is 4.99 Å². The maximum Gasteiger partial charge on any atom is 0.219 e. The highest BCUT2D eigenvalue weighted by Gasteiger charge is 2.21. The minimum Gasteiger partial charge on any atom is -0.383 e. The first-order valence-electron chi connectivity index (χ1n) is 7.93. The van der Waals surface area contributed by atoms with E-state index >= 15 is 0 Å². The molecule has 0 spiro atoms. The molecule has 1 amide bonds. The summed E-state index contributed by atoms with van der Waals surface area (Å²) in [5.74, 6) is 0.0952. The van der Waals surface area contributed by atoms with Gasteiger partial charge in [0.25, 0.3) is 0 Å². The number of thiocarbonyl (C=S) groups is 1. The summed E-state index contributed by atoms with van der Waals surface area (Å²) in [4.78, 5) is 16.6. The molecule has 0 saturated carbocycles. The second-order valence-electron chi connectivity index (χ2n) is 5.94. The second-order valence-corrected chi connectivity index (χ2v) is 6.44. The summed E-state index contributed by atoms with van der Waals surface area (Å²) in [5.41, 5.74) is 15.3. The van der Waals surface area contributed by atoms with Gasteiger partial charge in [-0.2, -0.15) is 0 Å². The van der Waals surface area contributed by atoms with Crippen molar-refractivity contribution >= 4 is 34.5 Å². The Labute approximate surface area is 146 Å². The average Bonchev–Trinajstić information content (AvgIpc) is 2.55. The Bertz CT molecular complexity index is 779. The number of nitrogens with one attached hydrogen (secondary N) is 1. The molecule has 1 atom stereocenters. The molecule has 5 nitrogen and oxygen atoms in total. The Hall–Kier alpha value is -2.31. The fraction of sp³-hybridized carbons (Fsp3) is 0.278. The smallest absolute Gasteiger partial charge is 0.219 e. The van der Waals surface area contributed by atoms with Gasteiger partial charge in [-0.15, -0.1) is 0 Å². The lowest BCUT2D eigenvalue weighted by Crippen LogP contribution is -2.32. The summed E-state index contributed by atoms with van der Waals surface area (Å²) in [7, 11) is 0. The highest BCUT2D eigenvalue weighted by molar-refractivity contribution is 7.81. The van der Waals surface area contributed by atoms with Gasteiger partial charge in [-0.1, -0.05) is 36.5 Å². The van der Waals surface area contributed by atoms with E-state index in [0.29, 0.717) is 12.3 Å². The third-order valence-electron chi connectivity index (χ3n) is 4.22. The number of carbonyl (C=O) groups excluding carboxylic acids is 1. The maximum atomic E-state index is 11.3. The highest BCUT2D eigenvalue weighted by atomic mass is 32.1. The molecule has 24 heavy (non-hydrogen) atoms. The quantitative estimate of drug-likeness (QED) is 0.444. The summed E-state index contributed by atoms with van der Waals surface area (Å²) in [5, 5.41) is 3.34. The zero-order chi connectivity index (χ0) is 17.1. The van der Waals surface area contributed by atoms with Gasteiger partial charge in [0.15, 0.2) is 0 Å². The second kappa shape index (κ2) is 7.07. The number of hydrogen-bond donors (Lipinski definition) is 3. The predicted molar refractivity (Wildman–Crippen MR) is 100 cm³/mol. The minimum absolute atomic E-state index is 0.0690. The number of amides is 1. The average molecular weight is 340 g/mol. The monoisotopic (exact) mass is 340 g/mol. The maximum absolute atomic E-state index is 11.3. The molecule has 0 bridgehead atoms. The fourth-order valence-corrected chi connectivity index (χ4v) is 3.32. The normalized spacial score (nSPS) is 20.5. The van der Waals surface area contributed by atoms with Crippen molar-refractivity contribution in [1.29, 1.82) is 0 Å². The van der Waals surface area contributed by atoms with Gasteiger partial charge < -0.3 is 16.8 Å². The van der Waals surface area contributed by atoms with E-state index in [1.54, 1.807) is 0 Å². The zero-order valence-corrected chi connectivity index (χ0v) is 14.1. The van der Waals surface area contributed by atoms with E-state index < -0.39 is 0 Å². The number of nitrogens with two attached hydrogens (primary N) is 2. The van der Waals surface area contributed by atoms with Crippen molar-refractivity contribution in [2.75, 3.05) is 6.54 Å². The molecule has 2 aliphatic rings. The lowest BCUT2D eigenvalue weighted by atomic mass is 9.92. The third kappa shape index (κ3) is 3.60. The molecule has 1 aliphatic carbocycles. The van der Waals surface area contributed by atoms with E-state index in [2.05, 4.69) is 10.3 Å². The number of benzene rings is 1. The molecule has 3 rings (SSSR count). The first kappa shape index (κ1) is 16.5. The summed E-state index contributed by atoms with van der Waals surface area (Å²) in [6.45, 7) is 0.836. The van der Waals surface area contributed by atoms with Gasteiger partial charge in [0.05, 0.1) is 5.69 Å². The topological polar surface area (TPSA) is 93.5 Å². The van der Waals surface area contributed by atoms with Crippen LogP contribution in [0.1, 0.15) is 30.0 Å². The van der Waals surface area contributed by atoms with Crippen LogP contribution in [0.3, 0.4) is 0 Å². The Kier molecular flexibility index (Phi) is 4.87. The number of carbonyl (C=O) groups is 1. The van der Waals surface area contributed by atoms with Crippen molar-refractivity contribution in [3.63, 3.8) is 0 Å². The third-order valence-corrected chi connectivity index (χ3v) is 4.61. The van der Waals surface area contributed by atoms with Gasteiger partial charge in [-0.3, -0.25) is 4.79 Å². The van der Waals surface area contributed by atoms with E-state index in [0.717, 1.165) is 34.7 Å². The van der Waals surface area contributed by atoms with Crippen molar-refractivity contribution in [3.05, 3.63) is 53.1 Å². The Morgan fingerprint density at radius 1 is 1.38 bits per heavy atom. The number of rotatable bonds is 4. The van der Waals surface area contributed by atoms with Crippen molar-refractivity contribution < 1.29 is 4.79 Å². The van der Waals surface area contributed by atoms with E-state index in [9.17, 15) is 4.79 Å². The molecule has 0 radical (unpaired) electrons. The summed E-state index contributed by atoms with van der Waals surface area (Å²) in [6.07, 6.45) is 7.73. The van der Waals surface area contributed by atoms with Crippen LogP contribution in [0.25, 0.3) is 0 Å². The Balaban J connectivity index is 1.91. The molecule has 1 aromatic carbocycles. The Morgan fingerprint density at radius 3 is 2.96 bits per heavy atom. The lowest BCUT2D eigenvalue weighted by molar-refractivity contribution is -0.118. The van der Waals surface area contributed by atoms with Crippen molar-refractivity contribution in [2.45, 2.75) is 25.3 Å². The summed E-state index contributed by atoms with van der Waals surface area (Å²) >= 11 is 5.34. The van der Waals surface area contributed by atoms with Crippen molar-refractivity contribution in [3.8, 4) is 0 Å². The number of nitrogens with zero attached hydrogens (tertiary/aromatic N) is 1. The predicted octanol–water partition coefficient (Wildman–Crippen LogP) is 1.99. The van der Waals surface area contributed by atoms with E-state index in [1.165, 1.54) is 5.56 Å². The molecular weight excluding hydrogens is 320 g/mol. The van der Waals surface area contributed by atoms with Gasteiger partial charge in [0.1, 0.15) is 5.84 Å². The van der Waals surface area contributed by atoms with Gasteiger partial charge >= 0.3 is 0 Å². The standard InChI is InChI=1S/C18H20N4OS/c19-17(23)10-15-14-9-12(6-5-11(14)7-8-21-15)22-18(20)13-3-1-2-4-16(13)24/h1-3,5-6,9,15,21H,4,7-8,10H2,(H2,19,23)(H2,20,22). The SMILES string of the molecule is NC(=O)CC1NCCc2ccc(N=C(N)C3=CC=CCC3=S)cc21. The van der Waals surface area contributed by atoms with Gasteiger partial charge in [0, 0.05) is 29.3 Å². The molecule has 6 heteroatoms. The van der Waals surface area contributed by atoms with Crippen molar-refractivity contribution in [2.24, 2.45) is 16.5 Å². The molecule has 1 aliphatic heterocycles. The Morgan fingerprint density at radius 2 is 2.21 bits per heavy atom. The van der Waals surface area contributed by atoms with Crippen LogP contribution in [0.5, 0.6) is 0 Å². The molecule has 1 aromatic rings. The van der Waals surface area contributed by atoms with Crippen LogP contribution in [-0.2, 0) is 11.2 Å². The number of aliphatic imine (C=N–C) groups is 1. The number of hydrogen-bond acceptors (Lipinski definition) is 4. The van der Waals surface area contributed by atoms with E-state index in [-0.39, 0.29) is 18.4 Å². The first-order chi connectivity index (χ1) is 11.5. The minimum atomic E-state index is -0.321. The van der Waals surface area contributed by atoms with E-state index in [1.807, 2.05) is 36.4 Å². The van der Waals surface area contributed by atoms with Crippen LogP contribution in [-0.4, -0.2) is 23.2 Å².